The van der Waals surface area contributed by atoms with E-state index in [1.54, 1.807) is 12.1 Å². The van der Waals surface area contributed by atoms with Crippen LogP contribution in [0.25, 0.3) is 0 Å². The van der Waals surface area contributed by atoms with Gasteiger partial charge in [0.15, 0.2) is 6.61 Å². The van der Waals surface area contributed by atoms with E-state index in [1.165, 1.54) is 12.1 Å². The number of halogens is 4. The van der Waals surface area contributed by atoms with Gasteiger partial charge in [0.25, 0.3) is 0 Å². The smallest absolute Gasteiger partial charge is 0.422 e. The highest BCUT2D eigenvalue weighted by Gasteiger charge is 2.34. The van der Waals surface area contributed by atoms with Crippen LogP contribution in [0.4, 0.5) is 13.2 Å². The van der Waals surface area contributed by atoms with Crippen molar-refractivity contribution in [2.45, 2.75) is 32.5 Å². The molecule has 0 saturated carbocycles. The molecule has 8 heteroatoms. The van der Waals surface area contributed by atoms with E-state index in [0.29, 0.717) is 13.1 Å². The lowest BCUT2D eigenvalue weighted by atomic mass is 9.82. The number of ether oxygens (including phenoxy) is 1. The summed E-state index contributed by atoms with van der Waals surface area (Å²) in [5, 5.41) is 6.10. The number of piperidine rings is 1. The van der Waals surface area contributed by atoms with Gasteiger partial charge in [-0.2, -0.15) is 13.2 Å². The second-order valence-corrected chi connectivity index (χ2v) is 6.07. The Bertz CT molecular complexity index is 529. The van der Waals surface area contributed by atoms with Crippen LogP contribution >= 0.6 is 12.4 Å². The molecule has 24 heavy (non-hydrogen) atoms. The molecule has 1 aromatic rings. The molecular formula is C16H22ClF3N2O2. The van der Waals surface area contributed by atoms with Crippen LogP contribution in [0.3, 0.4) is 0 Å². The van der Waals surface area contributed by atoms with Crippen molar-refractivity contribution in [3.8, 4) is 5.75 Å². The maximum atomic E-state index is 12.3. The number of carbonyl (C=O) groups excluding carboxylic acids is 1. The Morgan fingerprint density at radius 3 is 2.54 bits per heavy atom. The molecule has 0 aromatic heterocycles. The van der Waals surface area contributed by atoms with Crippen LogP contribution in [0.15, 0.2) is 24.3 Å². The number of nitrogens with one attached hydrogen (secondary N) is 2. The zero-order valence-corrected chi connectivity index (χ0v) is 14.2. The third-order valence-corrected chi connectivity index (χ3v) is 3.92. The molecule has 1 aliphatic heterocycles. The van der Waals surface area contributed by atoms with E-state index in [0.717, 1.165) is 24.9 Å². The van der Waals surface area contributed by atoms with E-state index in [-0.39, 0.29) is 24.1 Å². The van der Waals surface area contributed by atoms with Crippen molar-refractivity contribution in [1.29, 1.82) is 0 Å². The zero-order valence-electron chi connectivity index (χ0n) is 13.4. The van der Waals surface area contributed by atoms with E-state index < -0.39 is 18.2 Å². The molecule has 0 spiro atoms. The Morgan fingerprint density at radius 1 is 1.33 bits per heavy atom. The van der Waals surface area contributed by atoms with Crippen molar-refractivity contribution in [3.63, 3.8) is 0 Å². The second kappa shape index (κ2) is 8.58. The molecule has 0 radical (unpaired) electrons. The van der Waals surface area contributed by atoms with Gasteiger partial charge in [0.1, 0.15) is 5.75 Å². The Kier molecular flexibility index (Phi) is 7.35. The van der Waals surface area contributed by atoms with Gasteiger partial charge in [-0.05, 0) is 44.0 Å². The van der Waals surface area contributed by atoms with Gasteiger partial charge < -0.3 is 15.4 Å². The van der Waals surface area contributed by atoms with Gasteiger partial charge in [0.2, 0.25) is 5.91 Å². The number of hydrogen-bond acceptors (Lipinski definition) is 3. The Balaban J connectivity index is 0.00000288. The molecule has 1 aromatic carbocycles. The maximum absolute atomic E-state index is 12.3. The lowest BCUT2D eigenvalue weighted by Gasteiger charge is -2.32. The van der Waals surface area contributed by atoms with Crippen LogP contribution in [0, 0.1) is 5.41 Å². The van der Waals surface area contributed by atoms with Gasteiger partial charge >= 0.3 is 6.18 Å². The van der Waals surface area contributed by atoms with Gasteiger partial charge in [0.05, 0.1) is 5.41 Å². The minimum atomic E-state index is -4.35. The number of benzene rings is 1. The summed E-state index contributed by atoms with van der Waals surface area (Å²) in [6.07, 6.45) is -2.54. The van der Waals surface area contributed by atoms with Gasteiger partial charge in [-0.3, -0.25) is 4.79 Å². The number of carbonyl (C=O) groups is 1. The summed E-state index contributed by atoms with van der Waals surface area (Å²) < 4.78 is 40.8. The molecule has 2 N–H and O–H groups in total. The lowest BCUT2D eigenvalue weighted by molar-refractivity contribution is -0.153. The predicted octanol–water partition coefficient (Wildman–Crippen LogP) is 3.06. The largest absolute Gasteiger partial charge is 0.484 e. The standard InChI is InChI=1S/C16H21F3N2O2.ClH/c1-15(7-2-8-20-10-15)14(22)21-9-12-3-5-13(6-4-12)23-11-16(17,18)19;/h3-6,20H,2,7-11H2,1H3,(H,21,22);1H. The fourth-order valence-corrected chi connectivity index (χ4v) is 2.51. The van der Waals surface area contributed by atoms with Crippen molar-refractivity contribution < 1.29 is 22.7 Å². The fraction of sp³-hybridized carbons (Fsp3) is 0.562. The molecule has 1 unspecified atom stereocenters. The Labute approximate surface area is 145 Å². The normalized spacial score (nSPS) is 20.8. The molecular weight excluding hydrogens is 345 g/mol. The minimum absolute atomic E-state index is 0. The van der Waals surface area contributed by atoms with Crippen LogP contribution in [-0.2, 0) is 11.3 Å². The molecule has 2 rings (SSSR count). The summed E-state index contributed by atoms with van der Waals surface area (Å²) >= 11 is 0. The Morgan fingerprint density at radius 2 is 2.00 bits per heavy atom. The molecule has 136 valence electrons. The number of hydrogen-bond donors (Lipinski definition) is 2. The Hall–Kier alpha value is -1.47. The molecule has 1 aliphatic rings. The summed E-state index contributed by atoms with van der Waals surface area (Å²) in [5.74, 6) is 0.142. The van der Waals surface area contributed by atoms with Crippen molar-refractivity contribution in [3.05, 3.63) is 29.8 Å². The van der Waals surface area contributed by atoms with Crippen molar-refractivity contribution in [2.24, 2.45) is 5.41 Å². The average molecular weight is 367 g/mol. The zero-order chi connectivity index (χ0) is 16.9. The second-order valence-electron chi connectivity index (χ2n) is 6.07. The third kappa shape index (κ3) is 6.20. The summed E-state index contributed by atoms with van der Waals surface area (Å²) in [4.78, 5) is 12.3. The first kappa shape index (κ1) is 20.6. The van der Waals surface area contributed by atoms with Gasteiger partial charge in [-0.25, -0.2) is 0 Å². The highest BCUT2D eigenvalue weighted by atomic mass is 35.5. The first-order valence-electron chi connectivity index (χ1n) is 7.56. The van der Waals surface area contributed by atoms with Crippen molar-refractivity contribution in [1.82, 2.24) is 10.6 Å². The topological polar surface area (TPSA) is 50.4 Å². The monoisotopic (exact) mass is 366 g/mol. The minimum Gasteiger partial charge on any atom is -0.484 e. The number of rotatable bonds is 5. The maximum Gasteiger partial charge on any atom is 0.422 e. The van der Waals surface area contributed by atoms with E-state index in [4.69, 9.17) is 0 Å². The number of alkyl halides is 3. The highest BCUT2D eigenvalue weighted by Crippen LogP contribution is 2.25. The molecule has 1 fully saturated rings. The molecule has 4 nitrogen and oxygen atoms in total. The average Bonchev–Trinajstić information content (AvgIpc) is 2.51. The number of amides is 1. The van der Waals surface area contributed by atoms with Crippen LogP contribution in [0.1, 0.15) is 25.3 Å². The first-order chi connectivity index (χ1) is 10.8. The summed E-state index contributed by atoms with van der Waals surface area (Å²) in [7, 11) is 0. The fourth-order valence-electron chi connectivity index (χ4n) is 2.51. The molecule has 0 aliphatic carbocycles. The van der Waals surface area contributed by atoms with E-state index in [9.17, 15) is 18.0 Å². The highest BCUT2D eigenvalue weighted by molar-refractivity contribution is 5.85. The van der Waals surface area contributed by atoms with Crippen molar-refractivity contribution in [2.75, 3.05) is 19.7 Å². The van der Waals surface area contributed by atoms with E-state index >= 15 is 0 Å². The molecule has 1 amide bonds. The predicted molar refractivity (Wildman–Crippen MR) is 87.3 cm³/mol. The van der Waals surface area contributed by atoms with Crippen LogP contribution < -0.4 is 15.4 Å². The molecule has 1 atom stereocenters. The SMILES string of the molecule is CC1(C(=O)NCc2ccc(OCC(F)(F)F)cc2)CCCNC1.Cl. The van der Waals surface area contributed by atoms with Gasteiger partial charge in [-0.1, -0.05) is 12.1 Å². The molecule has 0 bridgehead atoms. The summed E-state index contributed by atoms with van der Waals surface area (Å²) in [5.41, 5.74) is 0.402. The lowest BCUT2D eigenvalue weighted by Crippen LogP contribution is -2.48. The van der Waals surface area contributed by atoms with E-state index in [2.05, 4.69) is 15.4 Å². The van der Waals surface area contributed by atoms with E-state index in [1.807, 2.05) is 6.92 Å². The summed E-state index contributed by atoms with van der Waals surface area (Å²) in [6, 6.07) is 6.23. The van der Waals surface area contributed by atoms with Gasteiger partial charge in [0, 0.05) is 13.1 Å². The van der Waals surface area contributed by atoms with Crippen molar-refractivity contribution >= 4 is 18.3 Å². The van der Waals surface area contributed by atoms with Crippen LogP contribution in [-0.4, -0.2) is 31.8 Å². The van der Waals surface area contributed by atoms with Gasteiger partial charge in [-0.15, -0.1) is 12.4 Å². The quantitative estimate of drug-likeness (QED) is 0.842. The summed E-state index contributed by atoms with van der Waals surface area (Å²) in [6.45, 7) is 2.55. The molecule has 1 heterocycles. The molecule has 1 saturated heterocycles. The third-order valence-electron chi connectivity index (χ3n) is 3.92. The van der Waals surface area contributed by atoms with Crippen LogP contribution in [0.5, 0.6) is 5.75 Å². The first-order valence-corrected chi connectivity index (χ1v) is 7.56. The van der Waals surface area contributed by atoms with Crippen LogP contribution in [0.2, 0.25) is 0 Å².